The Bertz CT molecular complexity index is 804. The van der Waals surface area contributed by atoms with Crippen LogP contribution in [0, 0.1) is 5.92 Å². The monoisotopic (exact) mass is 337 g/mol. The van der Waals surface area contributed by atoms with Crippen LogP contribution in [0.5, 0.6) is 0 Å². The standard InChI is InChI=1S/C17H19N7O/c1-5-24-6-2-12(1)17(10-24)9-20-16(25-17)23-15-7-13(21-11-22-15)14-8-18-3-4-19-14/h3-4,7-8,11-12H,1-2,5-6,9-10H2,(H,20,21,22,23). The fraction of sp³-hybridized carbons (Fsp3) is 0.471. The molecule has 8 heteroatoms. The normalized spacial score (nSPS) is 30.2. The van der Waals surface area contributed by atoms with E-state index in [0.717, 1.165) is 13.1 Å². The molecule has 6 rings (SSSR count). The van der Waals surface area contributed by atoms with E-state index in [1.54, 1.807) is 18.6 Å². The van der Waals surface area contributed by atoms with Crippen LogP contribution in [-0.2, 0) is 4.74 Å². The van der Waals surface area contributed by atoms with E-state index in [1.165, 1.54) is 32.3 Å². The molecule has 0 saturated carbocycles. The summed E-state index contributed by atoms with van der Waals surface area (Å²) in [6.45, 7) is 4.07. The average molecular weight is 337 g/mol. The highest BCUT2D eigenvalue weighted by molar-refractivity contribution is 5.90. The van der Waals surface area contributed by atoms with Gasteiger partial charge in [-0.3, -0.25) is 20.2 Å². The van der Waals surface area contributed by atoms with Gasteiger partial charge in [0.1, 0.15) is 23.4 Å². The van der Waals surface area contributed by atoms with Gasteiger partial charge in [0.15, 0.2) is 0 Å². The second-order valence-electron chi connectivity index (χ2n) is 6.84. The number of anilines is 1. The molecule has 6 heterocycles. The number of ether oxygens (including phenoxy) is 1. The molecule has 4 aliphatic heterocycles. The van der Waals surface area contributed by atoms with Gasteiger partial charge in [0.05, 0.1) is 18.4 Å². The van der Waals surface area contributed by atoms with Gasteiger partial charge in [0.25, 0.3) is 6.02 Å². The molecule has 0 radical (unpaired) electrons. The minimum absolute atomic E-state index is 0.153. The van der Waals surface area contributed by atoms with Crippen molar-refractivity contribution in [3.05, 3.63) is 31.0 Å². The van der Waals surface area contributed by atoms with E-state index < -0.39 is 0 Å². The molecular formula is C17H19N7O. The zero-order chi connectivity index (χ0) is 16.7. The summed E-state index contributed by atoms with van der Waals surface area (Å²) in [5, 5.41) is 3.19. The molecule has 1 spiro atoms. The minimum atomic E-state index is -0.153. The first-order valence-electron chi connectivity index (χ1n) is 8.62. The number of aromatic nitrogens is 4. The molecule has 1 N–H and O–H groups in total. The predicted molar refractivity (Wildman–Crippen MR) is 92.0 cm³/mol. The number of nitrogens with one attached hydrogen (secondary N) is 1. The lowest BCUT2D eigenvalue weighted by atomic mass is 9.75. The summed E-state index contributed by atoms with van der Waals surface area (Å²) in [7, 11) is 0. The van der Waals surface area contributed by atoms with Crippen LogP contribution < -0.4 is 5.32 Å². The highest BCUT2D eigenvalue weighted by Gasteiger charge is 2.51. The number of hydrogen-bond donors (Lipinski definition) is 1. The first kappa shape index (κ1) is 14.7. The molecule has 8 nitrogen and oxygen atoms in total. The quantitative estimate of drug-likeness (QED) is 0.880. The molecule has 2 aromatic heterocycles. The smallest absolute Gasteiger partial charge is 0.291 e. The Labute approximate surface area is 145 Å². The van der Waals surface area contributed by atoms with Gasteiger partial charge in [-0.2, -0.15) is 0 Å². The summed E-state index contributed by atoms with van der Waals surface area (Å²) in [6.07, 6.45) is 8.87. The Morgan fingerprint density at radius 2 is 2.04 bits per heavy atom. The minimum Gasteiger partial charge on any atom is -0.455 e. The van der Waals surface area contributed by atoms with E-state index in [-0.39, 0.29) is 5.60 Å². The van der Waals surface area contributed by atoms with E-state index in [0.29, 0.717) is 29.1 Å². The first-order valence-corrected chi connectivity index (χ1v) is 8.62. The SMILES string of the molecule is c1cnc(-c2cc(NC3=NCC4(CN5CCC4CC5)O3)ncn2)cn1. The fourth-order valence-electron chi connectivity index (χ4n) is 4.05. The maximum Gasteiger partial charge on any atom is 0.291 e. The second kappa shape index (κ2) is 5.73. The number of hydrogen-bond acceptors (Lipinski definition) is 8. The van der Waals surface area contributed by atoms with Crippen LogP contribution in [0.2, 0.25) is 0 Å². The molecule has 128 valence electrons. The molecule has 0 amide bonds. The van der Waals surface area contributed by atoms with Crippen molar-refractivity contribution in [1.29, 1.82) is 0 Å². The molecule has 0 aromatic carbocycles. The number of nitrogens with zero attached hydrogens (tertiary/aromatic N) is 6. The summed E-state index contributed by atoms with van der Waals surface area (Å²) in [6, 6.07) is 2.38. The number of piperidine rings is 3. The Balaban J connectivity index is 1.32. The van der Waals surface area contributed by atoms with E-state index in [4.69, 9.17) is 4.74 Å². The lowest BCUT2D eigenvalue weighted by Gasteiger charge is -2.50. The summed E-state index contributed by atoms with van der Waals surface area (Å²) in [5.41, 5.74) is 1.26. The van der Waals surface area contributed by atoms with E-state index in [9.17, 15) is 0 Å². The highest BCUT2D eigenvalue weighted by Crippen LogP contribution is 2.40. The Morgan fingerprint density at radius 1 is 1.12 bits per heavy atom. The number of fused-ring (bicyclic) bond motifs is 2. The molecule has 2 aromatic rings. The van der Waals surface area contributed by atoms with Gasteiger partial charge < -0.3 is 4.74 Å². The van der Waals surface area contributed by atoms with E-state index >= 15 is 0 Å². The predicted octanol–water partition coefficient (Wildman–Crippen LogP) is 1.20. The zero-order valence-electron chi connectivity index (χ0n) is 13.8. The van der Waals surface area contributed by atoms with Crippen LogP contribution in [0.3, 0.4) is 0 Å². The van der Waals surface area contributed by atoms with E-state index in [1.807, 2.05) is 6.07 Å². The van der Waals surface area contributed by atoms with Gasteiger partial charge in [-0.1, -0.05) is 0 Å². The average Bonchev–Trinajstić information content (AvgIpc) is 3.05. The molecular weight excluding hydrogens is 318 g/mol. The second-order valence-corrected chi connectivity index (χ2v) is 6.84. The maximum absolute atomic E-state index is 6.28. The van der Waals surface area contributed by atoms with Crippen LogP contribution in [0.25, 0.3) is 11.4 Å². The lowest BCUT2D eigenvalue weighted by Crippen LogP contribution is -2.61. The lowest BCUT2D eigenvalue weighted by molar-refractivity contribution is -0.0829. The topological polar surface area (TPSA) is 88.4 Å². The van der Waals surface area contributed by atoms with Crippen LogP contribution in [0.15, 0.2) is 36.0 Å². The van der Waals surface area contributed by atoms with Crippen molar-refractivity contribution in [2.24, 2.45) is 10.9 Å². The summed E-state index contributed by atoms with van der Waals surface area (Å²) in [5.74, 6) is 1.24. The van der Waals surface area contributed by atoms with Crippen molar-refractivity contribution >= 4 is 11.8 Å². The Hall–Kier alpha value is -2.61. The molecule has 3 fully saturated rings. The van der Waals surface area contributed by atoms with Gasteiger partial charge in [0, 0.05) is 30.9 Å². The van der Waals surface area contributed by atoms with Gasteiger partial charge in [-0.05, 0) is 25.9 Å². The number of rotatable bonds is 2. The molecule has 2 bridgehead atoms. The van der Waals surface area contributed by atoms with Gasteiger partial charge in [-0.15, -0.1) is 0 Å². The summed E-state index contributed by atoms with van der Waals surface area (Å²) in [4.78, 5) is 23.9. The Kier molecular flexibility index (Phi) is 3.37. The molecule has 25 heavy (non-hydrogen) atoms. The molecule has 3 saturated heterocycles. The van der Waals surface area contributed by atoms with Crippen LogP contribution >= 0.6 is 0 Å². The summed E-state index contributed by atoms with van der Waals surface area (Å²) < 4.78 is 6.28. The van der Waals surface area contributed by atoms with Crippen molar-refractivity contribution in [3.8, 4) is 11.4 Å². The maximum atomic E-state index is 6.28. The van der Waals surface area contributed by atoms with Crippen LogP contribution in [0.4, 0.5) is 5.82 Å². The molecule has 4 aliphatic rings. The van der Waals surface area contributed by atoms with Crippen LogP contribution in [0.1, 0.15) is 12.8 Å². The third-order valence-corrected chi connectivity index (χ3v) is 5.34. The van der Waals surface area contributed by atoms with Crippen molar-refractivity contribution in [3.63, 3.8) is 0 Å². The van der Waals surface area contributed by atoms with Crippen LogP contribution in [-0.4, -0.2) is 62.6 Å². The number of aliphatic imine (C=N–C) groups is 1. The largest absolute Gasteiger partial charge is 0.455 e. The van der Waals surface area contributed by atoms with Gasteiger partial charge in [0.2, 0.25) is 0 Å². The van der Waals surface area contributed by atoms with Crippen molar-refractivity contribution in [2.45, 2.75) is 18.4 Å². The molecule has 0 aliphatic carbocycles. The van der Waals surface area contributed by atoms with Gasteiger partial charge >= 0.3 is 0 Å². The molecule has 1 atom stereocenters. The highest BCUT2D eigenvalue weighted by atomic mass is 16.5. The third-order valence-electron chi connectivity index (χ3n) is 5.34. The number of amidine groups is 1. The third kappa shape index (κ3) is 2.62. The fourth-order valence-corrected chi connectivity index (χ4v) is 4.05. The summed E-state index contributed by atoms with van der Waals surface area (Å²) >= 11 is 0. The first-order chi connectivity index (χ1) is 12.3. The van der Waals surface area contributed by atoms with Crippen molar-refractivity contribution in [2.75, 3.05) is 31.5 Å². The van der Waals surface area contributed by atoms with E-state index in [2.05, 4.69) is 35.1 Å². The van der Waals surface area contributed by atoms with Crippen molar-refractivity contribution in [1.82, 2.24) is 24.8 Å². The Morgan fingerprint density at radius 3 is 2.80 bits per heavy atom. The molecule has 1 unspecified atom stereocenters. The zero-order valence-corrected chi connectivity index (χ0v) is 13.8. The van der Waals surface area contributed by atoms with Gasteiger partial charge in [-0.25, -0.2) is 15.0 Å². The van der Waals surface area contributed by atoms with Crippen molar-refractivity contribution < 1.29 is 4.74 Å².